The minimum absolute atomic E-state index is 0.498. The van der Waals surface area contributed by atoms with Gasteiger partial charge in [-0.05, 0) is 12.3 Å². The van der Waals surface area contributed by atoms with E-state index in [-0.39, 0.29) is 0 Å². The quantitative estimate of drug-likeness (QED) is 0.647. The van der Waals surface area contributed by atoms with Crippen LogP contribution in [0.25, 0.3) is 0 Å². The first kappa shape index (κ1) is 9.93. The van der Waals surface area contributed by atoms with Crippen molar-refractivity contribution in [1.29, 1.82) is 0 Å². The fourth-order valence-corrected chi connectivity index (χ4v) is 1.39. The Hall–Kier alpha value is -0.150. The first-order chi connectivity index (χ1) is 5.70. The number of halogens is 1. The second-order valence-corrected chi connectivity index (χ2v) is 3.86. The molecule has 1 fully saturated rings. The Morgan fingerprint density at radius 2 is 2.33 bits per heavy atom. The van der Waals surface area contributed by atoms with Crippen molar-refractivity contribution in [3.05, 3.63) is 0 Å². The maximum absolute atomic E-state index is 13.2. The molecule has 0 amide bonds. The van der Waals surface area contributed by atoms with Crippen molar-refractivity contribution in [2.24, 2.45) is 5.92 Å². The third-order valence-electron chi connectivity index (χ3n) is 2.28. The molecule has 0 aromatic rings. The Kier molecular flexibility index (Phi) is 3.95. The van der Waals surface area contributed by atoms with Crippen LogP contribution in [0.3, 0.4) is 0 Å². The molecule has 0 spiro atoms. The van der Waals surface area contributed by atoms with E-state index in [0.29, 0.717) is 12.5 Å². The summed E-state index contributed by atoms with van der Waals surface area (Å²) in [6, 6.07) is 0. The zero-order valence-electron chi connectivity index (χ0n) is 8.02. The average molecular weight is 174 g/mol. The van der Waals surface area contributed by atoms with Gasteiger partial charge in [-0.3, -0.25) is 4.90 Å². The predicted molar refractivity (Wildman–Crippen MR) is 48.8 cm³/mol. The van der Waals surface area contributed by atoms with Gasteiger partial charge in [0.15, 0.2) is 6.30 Å². The van der Waals surface area contributed by atoms with Gasteiger partial charge in [-0.25, -0.2) is 4.39 Å². The largest absolute Gasteiger partial charge is 0.311 e. The maximum Gasteiger partial charge on any atom is 0.166 e. The summed E-state index contributed by atoms with van der Waals surface area (Å²) in [6.07, 6.45) is 0.331. The topological polar surface area (TPSA) is 15.3 Å². The standard InChI is InChI=1S/C9H19FN2/c1-8(2)3-5-12-6-4-11-7-9(12)10/h8-9,11H,3-7H2,1-2H3. The zero-order chi connectivity index (χ0) is 8.97. The van der Waals surface area contributed by atoms with Gasteiger partial charge in [0.25, 0.3) is 0 Å². The first-order valence-electron chi connectivity index (χ1n) is 4.79. The Morgan fingerprint density at radius 3 is 2.92 bits per heavy atom. The maximum atomic E-state index is 13.2. The second-order valence-electron chi connectivity index (χ2n) is 3.86. The van der Waals surface area contributed by atoms with E-state index in [2.05, 4.69) is 19.2 Å². The van der Waals surface area contributed by atoms with Gasteiger partial charge in [0, 0.05) is 26.2 Å². The Bertz CT molecular complexity index is 128. The summed E-state index contributed by atoms with van der Waals surface area (Å²) in [4.78, 5) is 1.93. The van der Waals surface area contributed by atoms with Crippen LogP contribution in [-0.2, 0) is 0 Å². The lowest BCUT2D eigenvalue weighted by atomic mass is 10.1. The van der Waals surface area contributed by atoms with Crippen LogP contribution >= 0.6 is 0 Å². The minimum atomic E-state index is -0.766. The Balaban J connectivity index is 2.20. The molecule has 1 rings (SSSR count). The van der Waals surface area contributed by atoms with E-state index in [0.717, 1.165) is 26.1 Å². The van der Waals surface area contributed by atoms with E-state index in [1.165, 1.54) is 0 Å². The van der Waals surface area contributed by atoms with Crippen LogP contribution < -0.4 is 5.32 Å². The summed E-state index contributed by atoms with van der Waals surface area (Å²) in [5.74, 6) is 0.673. The van der Waals surface area contributed by atoms with Crippen molar-refractivity contribution in [3.63, 3.8) is 0 Å². The minimum Gasteiger partial charge on any atom is -0.311 e. The van der Waals surface area contributed by atoms with Crippen LogP contribution in [0, 0.1) is 5.92 Å². The van der Waals surface area contributed by atoms with Crippen molar-refractivity contribution in [2.45, 2.75) is 26.6 Å². The van der Waals surface area contributed by atoms with Crippen molar-refractivity contribution >= 4 is 0 Å². The normalized spacial score (nSPS) is 26.5. The molecule has 0 bridgehead atoms. The number of hydrogen-bond donors (Lipinski definition) is 1. The summed E-state index contributed by atoms with van der Waals surface area (Å²) in [7, 11) is 0. The number of nitrogens with zero attached hydrogens (tertiary/aromatic N) is 1. The van der Waals surface area contributed by atoms with Gasteiger partial charge in [0.05, 0.1) is 0 Å². The SMILES string of the molecule is CC(C)CCN1CCNCC1F. The smallest absolute Gasteiger partial charge is 0.166 e. The van der Waals surface area contributed by atoms with E-state index < -0.39 is 6.30 Å². The first-order valence-corrected chi connectivity index (χ1v) is 4.79. The summed E-state index contributed by atoms with van der Waals surface area (Å²) >= 11 is 0. The van der Waals surface area contributed by atoms with Gasteiger partial charge in [-0.15, -0.1) is 0 Å². The van der Waals surface area contributed by atoms with Crippen molar-refractivity contribution in [2.75, 3.05) is 26.2 Å². The number of piperazine rings is 1. The highest BCUT2D eigenvalue weighted by Crippen LogP contribution is 2.08. The lowest BCUT2D eigenvalue weighted by Gasteiger charge is -2.31. The summed E-state index contributed by atoms with van der Waals surface area (Å²) in [6.45, 7) is 7.54. The number of alkyl halides is 1. The fourth-order valence-electron chi connectivity index (χ4n) is 1.39. The predicted octanol–water partition coefficient (Wildman–Crippen LogP) is 1.23. The summed E-state index contributed by atoms with van der Waals surface area (Å²) in [5.41, 5.74) is 0. The Labute approximate surface area is 74.1 Å². The lowest BCUT2D eigenvalue weighted by molar-refractivity contribution is 0.0551. The molecule has 72 valence electrons. The van der Waals surface area contributed by atoms with Gasteiger partial charge >= 0.3 is 0 Å². The highest BCUT2D eigenvalue weighted by atomic mass is 19.1. The van der Waals surface area contributed by atoms with E-state index in [1.54, 1.807) is 0 Å². The van der Waals surface area contributed by atoms with Crippen molar-refractivity contribution in [1.82, 2.24) is 10.2 Å². The highest BCUT2D eigenvalue weighted by Gasteiger charge is 2.20. The molecule has 1 saturated heterocycles. The molecule has 0 aromatic heterocycles. The van der Waals surface area contributed by atoms with E-state index in [9.17, 15) is 4.39 Å². The van der Waals surface area contributed by atoms with Gasteiger partial charge in [-0.1, -0.05) is 13.8 Å². The molecule has 1 unspecified atom stereocenters. The molecule has 1 aliphatic heterocycles. The van der Waals surface area contributed by atoms with Crippen LogP contribution in [0.4, 0.5) is 4.39 Å². The van der Waals surface area contributed by atoms with Crippen molar-refractivity contribution < 1.29 is 4.39 Å². The van der Waals surface area contributed by atoms with E-state index >= 15 is 0 Å². The van der Waals surface area contributed by atoms with Crippen LogP contribution in [0.1, 0.15) is 20.3 Å². The van der Waals surface area contributed by atoms with Crippen LogP contribution in [0.2, 0.25) is 0 Å². The molecule has 1 heterocycles. The number of hydrogen-bond acceptors (Lipinski definition) is 2. The average Bonchev–Trinajstić information content (AvgIpc) is 2.03. The van der Waals surface area contributed by atoms with Crippen LogP contribution in [-0.4, -0.2) is 37.4 Å². The molecule has 0 radical (unpaired) electrons. The molecule has 0 aromatic carbocycles. The van der Waals surface area contributed by atoms with E-state index in [4.69, 9.17) is 0 Å². The van der Waals surface area contributed by atoms with Crippen LogP contribution in [0.15, 0.2) is 0 Å². The van der Waals surface area contributed by atoms with E-state index in [1.807, 2.05) is 4.90 Å². The molecular formula is C9H19FN2. The molecule has 1 atom stereocenters. The molecule has 2 nitrogen and oxygen atoms in total. The fraction of sp³-hybridized carbons (Fsp3) is 1.00. The number of nitrogens with one attached hydrogen (secondary N) is 1. The molecular weight excluding hydrogens is 155 g/mol. The third kappa shape index (κ3) is 3.07. The highest BCUT2D eigenvalue weighted by molar-refractivity contribution is 4.72. The van der Waals surface area contributed by atoms with Crippen LogP contribution in [0.5, 0.6) is 0 Å². The lowest BCUT2D eigenvalue weighted by Crippen LogP contribution is -2.49. The molecule has 1 N–H and O–H groups in total. The summed E-state index contributed by atoms with van der Waals surface area (Å²) in [5, 5.41) is 3.04. The van der Waals surface area contributed by atoms with Gasteiger partial charge in [0.2, 0.25) is 0 Å². The van der Waals surface area contributed by atoms with Crippen molar-refractivity contribution in [3.8, 4) is 0 Å². The zero-order valence-corrected chi connectivity index (χ0v) is 8.02. The summed E-state index contributed by atoms with van der Waals surface area (Å²) < 4.78 is 13.2. The van der Waals surface area contributed by atoms with Gasteiger partial charge in [-0.2, -0.15) is 0 Å². The van der Waals surface area contributed by atoms with Gasteiger partial charge < -0.3 is 5.32 Å². The van der Waals surface area contributed by atoms with Gasteiger partial charge in [0.1, 0.15) is 0 Å². The molecule has 0 aliphatic carbocycles. The molecule has 1 aliphatic rings. The monoisotopic (exact) mass is 174 g/mol. The second kappa shape index (κ2) is 4.77. The third-order valence-corrected chi connectivity index (χ3v) is 2.28. The Morgan fingerprint density at radius 1 is 1.58 bits per heavy atom. The molecule has 12 heavy (non-hydrogen) atoms. The molecule has 0 saturated carbocycles. The number of rotatable bonds is 3. The molecule has 3 heteroatoms.